The Morgan fingerprint density at radius 1 is 0.886 bits per heavy atom. The Kier molecular flexibility index (Phi) is 5.40. The van der Waals surface area contributed by atoms with Crippen molar-refractivity contribution in [3.8, 4) is 0 Å². The van der Waals surface area contributed by atoms with Crippen LogP contribution in [0.4, 0.5) is 22.7 Å². The molecule has 2 amide bonds. The average molecular weight is 530 g/mol. The number of carbonyl (C=O) groups excluding carboxylic acids is 2. The number of nitrogens with one attached hydrogen (secondary N) is 1. The molecule has 0 unspecified atom stereocenters. The van der Waals surface area contributed by atoms with Crippen LogP contribution in [0.1, 0.15) is 37.4 Å². The van der Waals surface area contributed by atoms with Crippen LogP contribution in [-0.4, -0.2) is 16.7 Å². The Morgan fingerprint density at radius 2 is 1.60 bits per heavy atom. The summed E-state index contributed by atoms with van der Waals surface area (Å²) < 4.78 is 0.930. The fourth-order valence-electron chi connectivity index (χ4n) is 4.52. The molecular weight excluding hydrogens is 510 g/mol. The summed E-state index contributed by atoms with van der Waals surface area (Å²) >= 11 is 3.51. The number of aryl methyl sites for hydroxylation is 1. The first-order valence-electron chi connectivity index (χ1n) is 10.9. The third-order valence-corrected chi connectivity index (χ3v) is 7.40. The molecule has 1 heterocycles. The number of hydrogen-bond donors (Lipinski definition) is 1. The molecule has 174 valence electrons. The van der Waals surface area contributed by atoms with Crippen LogP contribution < -0.4 is 10.2 Å². The zero-order chi connectivity index (χ0) is 25.0. The molecule has 4 aromatic rings. The van der Waals surface area contributed by atoms with Crippen LogP contribution in [0.3, 0.4) is 0 Å². The van der Waals surface area contributed by atoms with Crippen molar-refractivity contribution < 1.29 is 14.5 Å². The van der Waals surface area contributed by atoms with Crippen molar-refractivity contribution in [3.05, 3.63) is 103 Å². The van der Waals surface area contributed by atoms with Crippen molar-refractivity contribution in [2.45, 2.75) is 20.8 Å². The Hall–Kier alpha value is -4.04. The first-order valence-corrected chi connectivity index (χ1v) is 11.7. The molecule has 1 aliphatic rings. The monoisotopic (exact) mass is 529 g/mol. The number of carbonyl (C=O) groups is 2. The second-order valence-electron chi connectivity index (χ2n) is 8.51. The van der Waals surface area contributed by atoms with E-state index in [1.54, 1.807) is 30.3 Å². The first kappa shape index (κ1) is 22.7. The number of halogens is 1. The van der Waals surface area contributed by atoms with Gasteiger partial charge in [-0.15, -0.1) is 0 Å². The van der Waals surface area contributed by atoms with Crippen molar-refractivity contribution in [2.24, 2.45) is 0 Å². The maximum absolute atomic E-state index is 13.6. The summed E-state index contributed by atoms with van der Waals surface area (Å²) in [6.07, 6.45) is 0. The quantitative estimate of drug-likeness (QED) is 0.175. The van der Waals surface area contributed by atoms with Gasteiger partial charge in [-0.3, -0.25) is 19.7 Å². The highest BCUT2D eigenvalue weighted by molar-refractivity contribution is 9.10. The zero-order valence-corrected chi connectivity index (χ0v) is 20.8. The minimum Gasteiger partial charge on any atom is -0.349 e. The lowest BCUT2D eigenvalue weighted by Gasteiger charge is -2.29. The summed E-state index contributed by atoms with van der Waals surface area (Å²) in [4.78, 5) is 39.9. The number of rotatable bonds is 4. The molecule has 8 heteroatoms. The van der Waals surface area contributed by atoms with Crippen molar-refractivity contribution in [2.75, 3.05) is 10.2 Å². The molecule has 0 atom stereocenters. The van der Waals surface area contributed by atoms with E-state index in [1.165, 1.54) is 6.07 Å². The molecule has 7 nitrogen and oxygen atoms in total. The molecule has 1 aliphatic heterocycles. The van der Waals surface area contributed by atoms with Gasteiger partial charge in [0.1, 0.15) is 5.69 Å². The van der Waals surface area contributed by atoms with Gasteiger partial charge in [0, 0.05) is 32.6 Å². The fourth-order valence-corrected chi connectivity index (χ4v) is 4.95. The number of hydrogen-bond acceptors (Lipinski definition) is 5. The number of nitrogens with zero attached hydrogens (tertiary/aromatic N) is 2. The Labute approximate surface area is 209 Å². The predicted octanol–water partition coefficient (Wildman–Crippen LogP) is 6.98. The molecule has 0 saturated heterocycles. The van der Waals surface area contributed by atoms with Crippen molar-refractivity contribution in [3.63, 3.8) is 0 Å². The van der Waals surface area contributed by atoms with Crippen LogP contribution >= 0.6 is 15.9 Å². The number of imide groups is 1. The van der Waals surface area contributed by atoms with E-state index in [1.807, 2.05) is 45.0 Å². The van der Waals surface area contributed by atoms with Gasteiger partial charge >= 0.3 is 0 Å². The summed E-state index contributed by atoms with van der Waals surface area (Å²) in [7, 11) is 0. The van der Waals surface area contributed by atoms with Crippen LogP contribution in [-0.2, 0) is 0 Å². The maximum atomic E-state index is 13.6. The summed E-state index contributed by atoms with van der Waals surface area (Å²) in [5, 5.41) is 16.2. The topological polar surface area (TPSA) is 92.6 Å². The van der Waals surface area contributed by atoms with Gasteiger partial charge in [-0.05, 0) is 61.7 Å². The largest absolute Gasteiger partial charge is 0.349 e. The van der Waals surface area contributed by atoms with E-state index in [9.17, 15) is 19.7 Å². The van der Waals surface area contributed by atoms with Crippen LogP contribution in [0, 0.1) is 30.9 Å². The standard InChI is InChI=1S/C27H20BrN3O4/c1-14-7-4-5-10-22(14)30-26(32)18-9-6-8-17-24(18)19(27(30)33)13-23(31(34)35)25(17)29-21-12-11-20(28)15(2)16(21)3/h4-13,29H,1-3H3. The molecule has 0 aliphatic carbocycles. The minimum atomic E-state index is -0.585. The van der Waals surface area contributed by atoms with Gasteiger partial charge < -0.3 is 5.32 Å². The summed E-state index contributed by atoms with van der Waals surface area (Å²) in [6, 6.07) is 17.1. The normalized spacial score (nSPS) is 12.9. The molecule has 4 aromatic carbocycles. The fraction of sp³-hybridized carbons (Fsp3) is 0.111. The maximum Gasteiger partial charge on any atom is 0.294 e. The molecule has 0 radical (unpaired) electrons. The second kappa shape index (κ2) is 8.32. The highest BCUT2D eigenvalue weighted by atomic mass is 79.9. The smallest absolute Gasteiger partial charge is 0.294 e. The van der Waals surface area contributed by atoms with Gasteiger partial charge in [-0.1, -0.05) is 46.3 Å². The van der Waals surface area contributed by atoms with E-state index in [-0.39, 0.29) is 16.9 Å². The number of nitro benzene ring substituents is 1. The van der Waals surface area contributed by atoms with Crippen LogP contribution in [0.2, 0.25) is 0 Å². The van der Waals surface area contributed by atoms with Gasteiger partial charge in [0.25, 0.3) is 17.5 Å². The molecule has 1 N–H and O–H groups in total. The van der Waals surface area contributed by atoms with Crippen molar-refractivity contribution >= 4 is 61.3 Å². The highest BCUT2D eigenvalue weighted by Crippen LogP contribution is 2.43. The van der Waals surface area contributed by atoms with Gasteiger partial charge in [0.05, 0.1) is 16.2 Å². The van der Waals surface area contributed by atoms with Gasteiger partial charge in [0.2, 0.25) is 0 Å². The molecule has 0 fully saturated rings. The average Bonchev–Trinajstić information content (AvgIpc) is 2.84. The lowest BCUT2D eigenvalue weighted by molar-refractivity contribution is -0.383. The Bertz CT molecular complexity index is 1600. The van der Waals surface area contributed by atoms with E-state index in [4.69, 9.17) is 0 Å². The Balaban J connectivity index is 1.77. The third kappa shape index (κ3) is 3.49. The molecule has 0 spiro atoms. The van der Waals surface area contributed by atoms with Gasteiger partial charge in [0.15, 0.2) is 0 Å². The number of nitro groups is 1. The van der Waals surface area contributed by atoms with E-state index in [0.29, 0.717) is 27.7 Å². The second-order valence-corrected chi connectivity index (χ2v) is 9.36. The van der Waals surface area contributed by atoms with Crippen LogP contribution in [0.25, 0.3) is 10.8 Å². The van der Waals surface area contributed by atoms with Gasteiger partial charge in [-0.25, -0.2) is 4.90 Å². The molecule has 0 saturated carbocycles. The van der Waals surface area contributed by atoms with Crippen LogP contribution in [0.15, 0.2) is 65.1 Å². The number of para-hydroxylation sites is 1. The van der Waals surface area contributed by atoms with Crippen LogP contribution in [0.5, 0.6) is 0 Å². The lowest BCUT2D eigenvalue weighted by atomic mass is 9.91. The summed E-state index contributed by atoms with van der Waals surface area (Å²) in [5.41, 5.74) is 4.27. The molecule has 5 rings (SSSR count). The van der Waals surface area contributed by atoms with Crippen molar-refractivity contribution in [1.29, 1.82) is 0 Å². The number of anilines is 3. The summed E-state index contributed by atoms with van der Waals surface area (Å²) in [5.74, 6) is -1.05. The minimum absolute atomic E-state index is 0.124. The van der Waals surface area contributed by atoms with E-state index >= 15 is 0 Å². The SMILES string of the molecule is Cc1ccccc1N1C(=O)c2cccc3c(Nc4ccc(Br)c(C)c4C)c([N+](=O)[O-])cc(c23)C1=O. The Morgan fingerprint density at radius 3 is 2.31 bits per heavy atom. The predicted molar refractivity (Wildman–Crippen MR) is 140 cm³/mol. The molecule has 35 heavy (non-hydrogen) atoms. The number of benzene rings is 4. The summed E-state index contributed by atoms with van der Waals surface area (Å²) in [6.45, 7) is 5.69. The molecule has 0 aromatic heterocycles. The van der Waals surface area contributed by atoms with E-state index in [0.717, 1.165) is 26.1 Å². The lowest BCUT2D eigenvalue weighted by Crippen LogP contribution is -2.41. The molecule has 0 bridgehead atoms. The number of amides is 2. The zero-order valence-electron chi connectivity index (χ0n) is 19.2. The van der Waals surface area contributed by atoms with E-state index < -0.39 is 16.7 Å². The third-order valence-electron chi connectivity index (χ3n) is 6.54. The molecular formula is C27H20BrN3O4. The first-order chi connectivity index (χ1) is 16.7. The van der Waals surface area contributed by atoms with Gasteiger partial charge in [-0.2, -0.15) is 0 Å². The van der Waals surface area contributed by atoms with Crippen molar-refractivity contribution in [1.82, 2.24) is 0 Å². The van der Waals surface area contributed by atoms with E-state index in [2.05, 4.69) is 21.2 Å². The highest BCUT2D eigenvalue weighted by Gasteiger charge is 2.37.